The Hall–Kier alpha value is -0.770. The molecule has 1 unspecified atom stereocenters. The maximum absolute atomic E-state index is 6.02. The Kier molecular flexibility index (Phi) is 3.92. The Morgan fingerprint density at radius 3 is 2.76 bits per heavy atom. The molecule has 17 heavy (non-hydrogen) atoms. The van der Waals surface area contributed by atoms with Crippen LogP contribution in [-0.4, -0.2) is 42.5 Å². The lowest BCUT2D eigenvalue weighted by Crippen LogP contribution is -2.49. The third-order valence-corrected chi connectivity index (χ3v) is 3.55. The maximum Gasteiger partial charge on any atom is 0.0429 e. The summed E-state index contributed by atoms with van der Waals surface area (Å²) in [7, 11) is 2.17. The van der Waals surface area contributed by atoms with Crippen LogP contribution >= 0.6 is 11.6 Å². The fraction of sp³-hybridized carbons (Fsp3) is 0.538. The highest BCUT2D eigenvalue weighted by atomic mass is 35.5. The van der Waals surface area contributed by atoms with Crippen molar-refractivity contribution in [2.45, 2.75) is 19.5 Å². The summed E-state index contributed by atoms with van der Waals surface area (Å²) in [4.78, 5) is 4.85. The Morgan fingerprint density at radius 2 is 2.12 bits per heavy atom. The molecule has 1 fully saturated rings. The zero-order valence-corrected chi connectivity index (χ0v) is 11.2. The first-order chi connectivity index (χ1) is 8.04. The Morgan fingerprint density at radius 1 is 1.35 bits per heavy atom. The summed E-state index contributed by atoms with van der Waals surface area (Å²) in [6, 6.07) is 6.38. The van der Waals surface area contributed by atoms with E-state index in [1.165, 1.54) is 5.56 Å². The lowest BCUT2D eigenvalue weighted by Gasteiger charge is -2.38. The van der Waals surface area contributed by atoms with Crippen molar-refractivity contribution in [1.29, 1.82) is 0 Å². The van der Waals surface area contributed by atoms with Crippen LogP contribution in [0, 0.1) is 0 Å². The van der Waals surface area contributed by atoms with E-state index in [0.29, 0.717) is 6.04 Å². The van der Waals surface area contributed by atoms with E-state index in [2.05, 4.69) is 23.8 Å². The van der Waals surface area contributed by atoms with Crippen LogP contribution in [0.25, 0.3) is 0 Å². The quantitative estimate of drug-likeness (QED) is 0.819. The van der Waals surface area contributed by atoms with Gasteiger partial charge in [-0.15, -0.1) is 0 Å². The summed E-state index contributed by atoms with van der Waals surface area (Å²) in [5, 5.41) is 0.724. The van der Waals surface area contributed by atoms with Crippen molar-refractivity contribution < 1.29 is 0 Å². The molecular weight excluding hydrogens is 234 g/mol. The molecule has 0 aromatic heterocycles. The van der Waals surface area contributed by atoms with Gasteiger partial charge in [0.2, 0.25) is 0 Å². The molecule has 2 N–H and O–H groups in total. The van der Waals surface area contributed by atoms with Gasteiger partial charge >= 0.3 is 0 Å². The molecule has 0 amide bonds. The summed E-state index contributed by atoms with van der Waals surface area (Å²) in [5.74, 6) is 0. The highest BCUT2D eigenvalue weighted by molar-refractivity contribution is 6.30. The SMILES string of the molecule is CC1CN(C)CCN1Cc1cc(N)cc(Cl)c1. The molecule has 1 aliphatic rings. The van der Waals surface area contributed by atoms with Crippen LogP contribution in [0.1, 0.15) is 12.5 Å². The molecule has 0 spiro atoms. The van der Waals surface area contributed by atoms with E-state index in [-0.39, 0.29) is 0 Å². The number of likely N-dealkylation sites (N-methyl/N-ethyl adjacent to an activating group) is 1. The standard InChI is InChI=1S/C13H20ClN3/c1-10-8-16(2)3-4-17(10)9-11-5-12(14)7-13(15)6-11/h5-7,10H,3-4,8-9,15H2,1-2H3. The van der Waals surface area contributed by atoms with Crippen molar-refractivity contribution >= 4 is 17.3 Å². The number of rotatable bonds is 2. The third kappa shape index (κ3) is 3.35. The smallest absolute Gasteiger partial charge is 0.0429 e. The van der Waals surface area contributed by atoms with Crippen LogP contribution in [0.4, 0.5) is 5.69 Å². The van der Waals surface area contributed by atoms with Gasteiger partial charge in [-0.2, -0.15) is 0 Å². The van der Waals surface area contributed by atoms with E-state index in [4.69, 9.17) is 17.3 Å². The molecule has 1 saturated heterocycles. The first kappa shape index (κ1) is 12.7. The first-order valence-corrected chi connectivity index (χ1v) is 6.40. The lowest BCUT2D eigenvalue weighted by atomic mass is 10.1. The van der Waals surface area contributed by atoms with Crippen LogP contribution in [0.15, 0.2) is 18.2 Å². The molecule has 0 bridgehead atoms. The average molecular weight is 254 g/mol. The summed E-state index contributed by atoms with van der Waals surface area (Å²) >= 11 is 6.02. The molecule has 94 valence electrons. The largest absolute Gasteiger partial charge is 0.399 e. The molecule has 1 heterocycles. The Balaban J connectivity index is 2.05. The Bertz CT molecular complexity index is 374. The van der Waals surface area contributed by atoms with Crippen molar-refractivity contribution in [3.8, 4) is 0 Å². The van der Waals surface area contributed by atoms with Crippen molar-refractivity contribution in [3.63, 3.8) is 0 Å². The number of piperazine rings is 1. The van der Waals surface area contributed by atoms with Gasteiger partial charge in [-0.1, -0.05) is 11.6 Å². The maximum atomic E-state index is 6.02. The second-order valence-corrected chi connectivity index (χ2v) is 5.41. The van der Waals surface area contributed by atoms with Gasteiger partial charge < -0.3 is 10.6 Å². The predicted octanol–water partition coefficient (Wildman–Crippen LogP) is 2.06. The molecule has 1 atom stereocenters. The molecule has 0 aliphatic carbocycles. The molecule has 0 saturated carbocycles. The highest BCUT2D eigenvalue weighted by Gasteiger charge is 2.21. The molecule has 0 radical (unpaired) electrons. The predicted molar refractivity (Wildman–Crippen MR) is 73.2 cm³/mol. The zero-order chi connectivity index (χ0) is 12.4. The number of nitrogens with zero attached hydrogens (tertiary/aromatic N) is 2. The van der Waals surface area contributed by atoms with Gasteiger partial charge in [0.1, 0.15) is 0 Å². The van der Waals surface area contributed by atoms with Crippen LogP contribution < -0.4 is 5.73 Å². The van der Waals surface area contributed by atoms with Crippen molar-refractivity contribution in [3.05, 3.63) is 28.8 Å². The van der Waals surface area contributed by atoms with Crippen LogP contribution in [-0.2, 0) is 6.54 Å². The van der Waals surface area contributed by atoms with E-state index < -0.39 is 0 Å². The van der Waals surface area contributed by atoms with Gasteiger partial charge in [0.15, 0.2) is 0 Å². The van der Waals surface area contributed by atoms with E-state index in [9.17, 15) is 0 Å². The summed E-state index contributed by atoms with van der Waals surface area (Å²) < 4.78 is 0. The second kappa shape index (κ2) is 5.25. The van der Waals surface area contributed by atoms with Gasteiger partial charge in [0, 0.05) is 42.9 Å². The molecule has 3 nitrogen and oxygen atoms in total. The van der Waals surface area contributed by atoms with Gasteiger partial charge in [-0.25, -0.2) is 0 Å². The normalized spacial score (nSPS) is 22.9. The van der Waals surface area contributed by atoms with Gasteiger partial charge in [0.25, 0.3) is 0 Å². The molecule has 1 aliphatic heterocycles. The fourth-order valence-corrected chi connectivity index (χ4v) is 2.68. The van der Waals surface area contributed by atoms with Crippen LogP contribution in [0.3, 0.4) is 0 Å². The molecule has 2 rings (SSSR count). The summed E-state index contributed by atoms with van der Waals surface area (Å²) in [6.45, 7) is 6.55. The van der Waals surface area contributed by atoms with Crippen LogP contribution in [0.5, 0.6) is 0 Å². The minimum Gasteiger partial charge on any atom is -0.399 e. The highest BCUT2D eigenvalue weighted by Crippen LogP contribution is 2.19. The third-order valence-electron chi connectivity index (χ3n) is 3.33. The number of anilines is 1. The zero-order valence-electron chi connectivity index (χ0n) is 10.5. The van der Waals surface area contributed by atoms with Crippen LogP contribution in [0.2, 0.25) is 5.02 Å². The lowest BCUT2D eigenvalue weighted by molar-refractivity contribution is 0.0938. The second-order valence-electron chi connectivity index (χ2n) is 4.97. The van der Waals surface area contributed by atoms with Gasteiger partial charge in [0.05, 0.1) is 0 Å². The minimum absolute atomic E-state index is 0.578. The summed E-state index contributed by atoms with van der Waals surface area (Å²) in [5.41, 5.74) is 7.76. The molecule has 1 aromatic carbocycles. The van der Waals surface area contributed by atoms with Gasteiger partial charge in [-0.3, -0.25) is 4.90 Å². The van der Waals surface area contributed by atoms with E-state index in [0.717, 1.165) is 36.9 Å². The number of nitrogens with two attached hydrogens (primary N) is 1. The van der Waals surface area contributed by atoms with E-state index >= 15 is 0 Å². The fourth-order valence-electron chi connectivity index (χ4n) is 2.41. The number of hydrogen-bond acceptors (Lipinski definition) is 3. The molecular formula is C13H20ClN3. The number of nitrogen functional groups attached to an aromatic ring is 1. The molecule has 4 heteroatoms. The number of hydrogen-bond donors (Lipinski definition) is 1. The van der Waals surface area contributed by atoms with Gasteiger partial charge in [-0.05, 0) is 37.7 Å². The van der Waals surface area contributed by atoms with Crippen molar-refractivity contribution in [2.24, 2.45) is 0 Å². The average Bonchev–Trinajstić information content (AvgIpc) is 2.21. The number of halogens is 1. The van der Waals surface area contributed by atoms with E-state index in [1.54, 1.807) is 6.07 Å². The topological polar surface area (TPSA) is 32.5 Å². The monoisotopic (exact) mass is 253 g/mol. The number of benzene rings is 1. The van der Waals surface area contributed by atoms with Crippen molar-refractivity contribution in [2.75, 3.05) is 32.4 Å². The summed E-state index contributed by atoms with van der Waals surface area (Å²) in [6.07, 6.45) is 0. The van der Waals surface area contributed by atoms with Crippen molar-refractivity contribution in [1.82, 2.24) is 9.80 Å². The minimum atomic E-state index is 0.578. The molecule has 1 aromatic rings. The Labute approximate surface area is 108 Å². The van der Waals surface area contributed by atoms with E-state index in [1.807, 2.05) is 12.1 Å². The first-order valence-electron chi connectivity index (χ1n) is 6.02.